The number of amides is 2. The van der Waals surface area contributed by atoms with Crippen LogP contribution in [-0.2, 0) is 4.79 Å². The molecule has 2 amide bonds. The molecule has 35 heavy (non-hydrogen) atoms. The monoisotopic (exact) mass is 473 g/mol. The number of hydrogen-bond acceptors (Lipinski definition) is 5. The van der Waals surface area contributed by atoms with Crippen molar-refractivity contribution in [2.24, 2.45) is 0 Å². The summed E-state index contributed by atoms with van der Waals surface area (Å²) in [5.74, 6) is 1.13. The van der Waals surface area contributed by atoms with Crippen LogP contribution in [-0.4, -0.2) is 43.5 Å². The standard InChI is InChI=1S/C28H31N3O4/c1-3-35-23-16-12-20(13-17-23)25-8-6-18-31(25)19-27(32)29-22-14-10-21(11-15-22)28(33)30-24-7-4-5-9-26(24)34-2/h4-5,7,9-17,25H,3,6,8,18-19H2,1-2H3,(H,29,32)(H,30,33). The maximum atomic E-state index is 12.7. The second-order valence-corrected chi connectivity index (χ2v) is 8.41. The fraction of sp³-hybridized carbons (Fsp3) is 0.286. The van der Waals surface area contributed by atoms with Gasteiger partial charge < -0.3 is 20.1 Å². The van der Waals surface area contributed by atoms with Gasteiger partial charge in [-0.15, -0.1) is 0 Å². The zero-order valence-electron chi connectivity index (χ0n) is 20.1. The summed E-state index contributed by atoms with van der Waals surface area (Å²) in [6.45, 7) is 3.81. The summed E-state index contributed by atoms with van der Waals surface area (Å²) in [7, 11) is 1.56. The first-order valence-corrected chi connectivity index (χ1v) is 11.9. The Hall–Kier alpha value is -3.84. The summed E-state index contributed by atoms with van der Waals surface area (Å²) in [4.78, 5) is 27.6. The number of nitrogens with one attached hydrogen (secondary N) is 2. The number of carbonyl (C=O) groups is 2. The van der Waals surface area contributed by atoms with E-state index in [1.165, 1.54) is 5.56 Å². The lowest BCUT2D eigenvalue weighted by Gasteiger charge is -2.24. The molecule has 0 bridgehead atoms. The smallest absolute Gasteiger partial charge is 0.255 e. The maximum Gasteiger partial charge on any atom is 0.255 e. The number of likely N-dealkylation sites (tertiary alicyclic amines) is 1. The third-order valence-corrected chi connectivity index (χ3v) is 6.07. The van der Waals surface area contributed by atoms with Gasteiger partial charge in [0.15, 0.2) is 0 Å². The molecule has 182 valence electrons. The molecule has 3 aromatic rings. The lowest BCUT2D eigenvalue weighted by molar-refractivity contribution is -0.117. The Balaban J connectivity index is 1.33. The third-order valence-electron chi connectivity index (χ3n) is 6.07. The minimum atomic E-state index is -0.248. The normalized spacial score (nSPS) is 15.4. The number of rotatable bonds is 9. The zero-order valence-corrected chi connectivity index (χ0v) is 20.1. The van der Waals surface area contributed by atoms with Crippen LogP contribution in [0.4, 0.5) is 11.4 Å². The largest absolute Gasteiger partial charge is 0.495 e. The number of hydrogen-bond donors (Lipinski definition) is 2. The van der Waals surface area contributed by atoms with Crippen molar-refractivity contribution >= 4 is 23.2 Å². The van der Waals surface area contributed by atoms with E-state index in [1.807, 2.05) is 31.2 Å². The van der Waals surface area contributed by atoms with E-state index in [-0.39, 0.29) is 17.9 Å². The summed E-state index contributed by atoms with van der Waals surface area (Å²) in [5.41, 5.74) is 2.94. The molecule has 1 heterocycles. The first-order chi connectivity index (χ1) is 17.1. The zero-order chi connectivity index (χ0) is 24.6. The van der Waals surface area contributed by atoms with Gasteiger partial charge >= 0.3 is 0 Å². The average molecular weight is 474 g/mol. The van der Waals surface area contributed by atoms with Crippen molar-refractivity contribution in [2.75, 3.05) is 37.4 Å². The minimum Gasteiger partial charge on any atom is -0.495 e. The van der Waals surface area contributed by atoms with Crippen LogP contribution in [0.2, 0.25) is 0 Å². The van der Waals surface area contributed by atoms with E-state index in [9.17, 15) is 9.59 Å². The van der Waals surface area contributed by atoms with Crippen molar-refractivity contribution < 1.29 is 19.1 Å². The lowest BCUT2D eigenvalue weighted by atomic mass is 10.0. The van der Waals surface area contributed by atoms with Crippen LogP contribution in [0, 0.1) is 0 Å². The molecule has 7 heteroatoms. The third kappa shape index (κ3) is 6.19. The number of anilines is 2. The summed E-state index contributed by atoms with van der Waals surface area (Å²) >= 11 is 0. The van der Waals surface area contributed by atoms with Crippen molar-refractivity contribution in [1.29, 1.82) is 0 Å². The van der Waals surface area contributed by atoms with Gasteiger partial charge in [-0.05, 0) is 80.4 Å². The Morgan fingerprint density at radius 2 is 1.71 bits per heavy atom. The molecular weight excluding hydrogens is 442 g/mol. The van der Waals surface area contributed by atoms with Crippen LogP contribution in [0.1, 0.15) is 41.7 Å². The number of ether oxygens (including phenoxy) is 2. The molecule has 0 radical (unpaired) electrons. The minimum absolute atomic E-state index is 0.0749. The maximum absolute atomic E-state index is 12.7. The van der Waals surface area contributed by atoms with Crippen molar-refractivity contribution in [3.63, 3.8) is 0 Å². The summed E-state index contributed by atoms with van der Waals surface area (Å²) < 4.78 is 10.8. The molecule has 3 aromatic carbocycles. The van der Waals surface area contributed by atoms with E-state index in [2.05, 4.69) is 27.7 Å². The highest BCUT2D eigenvalue weighted by molar-refractivity contribution is 6.05. The molecule has 4 rings (SSSR count). The van der Waals surface area contributed by atoms with Crippen LogP contribution in [0.15, 0.2) is 72.8 Å². The molecule has 1 saturated heterocycles. The van der Waals surface area contributed by atoms with E-state index < -0.39 is 0 Å². The Bertz CT molecular complexity index is 1150. The second kappa shape index (κ2) is 11.5. The SMILES string of the molecule is CCOc1ccc(C2CCCN2CC(=O)Nc2ccc(C(=O)Nc3ccccc3OC)cc2)cc1. The highest BCUT2D eigenvalue weighted by Gasteiger charge is 2.27. The van der Waals surface area contributed by atoms with Gasteiger partial charge in [0.25, 0.3) is 5.91 Å². The molecule has 2 N–H and O–H groups in total. The fourth-order valence-corrected chi connectivity index (χ4v) is 4.38. The quantitative estimate of drug-likeness (QED) is 0.451. The van der Waals surface area contributed by atoms with Crippen molar-refractivity contribution in [1.82, 2.24) is 4.90 Å². The van der Waals surface area contributed by atoms with Crippen molar-refractivity contribution in [3.05, 3.63) is 83.9 Å². The van der Waals surface area contributed by atoms with Crippen LogP contribution in [0.5, 0.6) is 11.5 Å². The van der Waals surface area contributed by atoms with Crippen LogP contribution < -0.4 is 20.1 Å². The van der Waals surface area contributed by atoms with E-state index >= 15 is 0 Å². The molecule has 7 nitrogen and oxygen atoms in total. The molecule has 1 aliphatic heterocycles. The summed E-state index contributed by atoms with van der Waals surface area (Å²) in [6.07, 6.45) is 2.08. The summed E-state index contributed by atoms with van der Waals surface area (Å²) in [5, 5.41) is 5.80. The Kier molecular flexibility index (Phi) is 8.00. The molecule has 1 fully saturated rings. The van der Waals surface area contributed by atoms with Gasteiger partial charge in [-0.1, -0.05) is 24.3 Å². The summed E-state index contributed by atoms with van der Waals surface area (Å²) in [6, 6.07) is 22.5. The van der Waals surface area contributed by atoms with Gasteiger partial charge in [-0.25, -0.2) is 0 Å². The highest BCUT2D eigenvalue weighted by atomic mass is 16.5. The van der Waals surface area contributed by atoms with E-state index in [1.54, 1.807) is 43.5 Å². The van der Waals surface area contributed by atoms with E-state index in [4.69, 9.17) is 9.47 Å². The number of benzene rings is 3. The molecule has 1 aliphatic rings. The van der Waals surface area contributed by atoms with Gasteiger partial charge in [0.2, 0.25) is 5.91 Å². The van der Waals surface area contributed by atoms with E-state index in [0.29, 0.717) is 35.8 Å². The highest BCUT2D eigenvalue weighted by Crippen LogP contribution is 2.32. The molecule has 1 unspecified atom stereocenters. The first kappa shape index (κ1) is 24.3. The predicted octanol–water partition coefficient (Wildman–Crippen LogP) is 5.12. The van der Waals surface area contributed by atoms with E-state index in [0.717, 1.165) is 25.1 Å². The number of nitrogens with zero attached hydrogens (tertiary/aromatic N) is 1. The van der Waals surface area contributed by atoms with Gasteiger partial charge in [0.05, 0.1) is 25.9 Å². The lowest BCUT2D eigenvalue weighted by Crippen LogP contribution is -2.32. The van der Waals surface area contributed by atoms with Crippen molar-refractivity contribution in [2.45, 2.75) is 25.8 Å². The molecule has 0 spiro atoms. The number of para-hydroxylation sites is 2. The topological polar surface area (TPSA) is 79.9 Å². The number of carbonyl (C=O) groups excluding carboxylic acids is 2. The molecule has 0 aliphatic carbocycles. The van der Waals surface area contributed by atoms with Crippen LogP contribution in [0.25, 0.3) is 0 Å². The second-order valence-electron chi connectivity index (χ2n) is 8.41. The Morgan fingerprint density at radius 1 is 0.971 bits per heavy atom. The van der Waals surface area contributed by atoms with Crippen LogP contribution >= 0.6 is 0 Å². The van der Waals surface area contributed by atoms with Crippen molar-refractivity contribution in [3.8, 4) is 11.5 Å². The Morgan fingerprint density at radius 3 is 2.43 bits per heavy atom. The van der Waals surface area contributed by atoms with Gasteiger partial charge in [0, 0.05) is 17.3 Å². The van der Waals surface area contributed by atoms with Gasteiger partial charge in [-0.2, -0.15) is 0 Å². The molecule has 0 saturated carbocycles. The molecule has 1 atom stereocenters. The van der Waals surface area contributed by atoms with Gasteiger partial charge in [0.1, 0.15) is 11.5 Å². The van der Waals surface area contributed by atoms with Crippen LogP contribution in [0.3, 0.4) is 0 Å². The van der Waals surface area contributed by atoms with Gasteiger partial charge in [-0.3, -0.25) is 14.5 Å². The fourth-order valence-electron chi connectivity index (χ4n) is 4.38. The Labute approximate surface area is 206 Å². The first-order valence-electron chi connectivity index (χ1n) is 11.9. The molecule has 0 aromatic heterocycles. The number of methoxy groups -OCH3 is 1. The molecular formula is C28H31N3O4. The average Bonchev–Trinajstić information content (AvgIpc) is 3.33. The predicted molar refractivity (Wildman–Crippen MR) is 137 cm³/mol.